The quantitative estimate of drug-likeness (QED) is 0.877. The number of halogens is 1. The Balaban J connectivity index is 2.03. The smallest absolute Gasteiger partial charge is 0.244 e. The SMILES string of the molecule is CNc1ncnc(NC(C)C(=O)N2CCCCC2)c1Br. The van der Waals surface area contributed by atoms with Gasteiger partial charge in [-0.3, -0.25) is 4.79 Å². The van der Waals surface area contributed by atoms with Crippen LogP contribution in [0.2, 0.25) is 0 Å². The molecule has 2 N–H and O–H groups in total. The Morgan fingerprint density at radius 2 is 1.95 bits per heavy atom. The molecule has 0 bridgehead atoms. The maximum atomic E-state index is 12.4. The molecule has 1 atom stereocenters. The minimum absolute atomic E-state index is 0.126. The maximum Gasteiger partial charge on any atom is 0.244 e. The van der Waals surface area contributed by atoms with Crippen LogP contribution in [0.15, 0.2) is 10.8 Å². The summed E-state index contributed by atoms with van der Waals surface area (Å²) in [6.45, 7) is 3.58. The number of aromatic nitrogens is 2. The molecule has 1 fully saturated rings. The van der Waals surface area contributed by atoms with Crippen molar-refractivity contribution in [3.63, 3.8) is 0 Å². The Kier molecular flexibility index (Phi) is 5.17. The topological polar surface area (TPSA) is 70.1 Å². The molecular weight excluding hydrogens is 322 g/mol. The summed E-state index contributed by atoms with van der Waals surface area (Å²) in [5, 5.41) is 6.12. The van der Waals surface area contributed by atoms with E-state index in [1.165, 1.54) is 12.7 Å². The number of hydrogen-bond donors (Lipinski definition) is 2. The standard InChI is InChI=1S/C13H20BrN5O/c1-9(13(20)19-6-4-3-5-7-19)18-12-10(14)11(15-2)16-8-17-12/h8-9H,3-7H2,1-2H3,(H2,15,16,17,18). The van der Waals surface area contributed by atoms with Gasteiger partial charge in [0.25, 0.3) is 0 Å². The molecule has 6 nitrogen and oxygen atoms in total. The van der Waals surface area contributed by atoms with E-state index in [0.717, 1.165) is 30.4 Å². The molecule has 1 aromatic rings. The molecule has 110 valence electrons. The van der Waals surface area contributed by atoms with Crippen molar-refractivity contribution in [3.05, 3.63) is 10.8 Å². The molecule has 0 aromatic carbocycles. The first-order valence-corrected chi connectivity index (χ1v) is 7.66. The van der Waals surface area contributed by atoms with Gasteiger partial charge in [0.1, 0.15) is 28.5 Å². The van der Waals surface area contributed by atoms with Gasteiger partial charge in [0.15, 0.2) is 0 Å². The van der Waals surface area contributed by atoms with Gasteiger partial charge in [-0.2, -0.15) is 0 Å². The summed E-state index contributed by atoms with van der Waals surface area (Å²) >= 11 is 3.44. The zero-order valence-corrected chi connectivity index (χ0v) is 13.4. The van der Waals surface area contributed by atoms with E-state index in [9.17, 15) is 4.79 Å². The minimum Gasteiger partial charge on any atom is -0.372 e. The van der Waals surface area contributed by atoms with Gasteiger partial charge in [-0.1, -0.05) is 0 Å². The summed E-state index contributed by atoms with van der Waals surface area (Å²) in [6.07, 6.45) is 4.88. The molecule has 2 heterocycles. The van der Waals surface area contributed by atoms with Crippen molar-refractivity contribution in [1.82, 2.24) is 14.9 Å². The average molecular weight is 342 g/mol. The molecule has 0 saturated carbocycles. The Bertz CT molecular complexity index is 476. The largest absolute Gasteiger partial charge is 0.372 e. The minimum atomic E-state index is -0.302. The normalized spacial score (nSPS) is 16.6. The third-order valence-electron chi connectivity index (χ3n) is 3.42. The Morgan fingerprint density at radius 1 is 1.30 bits per heavy atom. The molecule has 1 unspecified atom stereocenters. The van der Waals surface area contributed by atoms with Crippen LogP contribution in [-0.4, -0.2) is 47.0 Å². The van der Waals surface area contributed by atoms with Crippen LogP contribution in [0.25, 0.3) is 0 Å². The average Bonchev–Trinajstić information content (AvgIpc) is 2.49. The fourth-order valence-electron chi connectivity index (χ4n) is 2.30. The number of nitrogens with one attached hydrogen (secondary N) is 2. The Morgan fingerprint density at radius 3 is 2.60 bits per heavy atom. The molecule has 1 saturated heterocycles. The molecule has 1 amide bonds. The highest BCUT2D eigenvalue weighted by molar-refractivity contribution is 9.10. The lowest BCUT2D eigenvalue weighted by molar-refractivity contribution is -0.132. The molecule has 2 rings (SSSR count). The predicted molar refractivity (Wildman–Crippen MR) is 82.8 cm³/mol. The number of nitrogens with zero attached hydrogens (tertiary/aromatic N) is 3. The third-order valence-corrected chi connectivity index (χ3v) is 4.17. The van der Waals surface area contributed by atoms with Crippen molar-refractivity contribution < 1.29 is 4.79 Å². The van der Waals surface area contributed by atoms with Crippen LogP contribution in [0.1, 0.15) is 26.2 Å². The fourth-order valence-corrected chi connectivity index (χ4v) is 2.82. The highest BCUT2D eigenvalue weighted by Crippen LogP contribution is 2.26. The fraction of sp³-hybridized carbons (Fsp3) is 0.615. The highest BCUT2D eigenvalue weighted by Gasteiger charge is 2.23. The van der Waals surface area contributed by atoms with Crippen LogP contribution in [0.5, 0.6) is 0 Å². The summed E-state index contributed by atoms with van der Waals surface area (Å²) in [5.74, 6) is 1.45. The van der Waals surface area contributed by atoms with Crippen molar-refractivity contribution in [2.75, 3.05) is 30.8 Å². The summed E-state index contributed by atoms with van der Waals surface area (Å²) in [5.41, 5.74) is 0. The molecule has 7 heteroatoms. The van der Waals surface area contributed by atoms with E-state index in [4.69, 9.17) is 0 Å². The summed E-state index contributed by atoms with van der Waals surface area (Å²) < 4.78 is 0.737. The Hall–Kier alpha value is -1.37. The van der Waals surface area contributed by atoms with Crippen molar-refractivity contribution >= 4 is 33.5 Å². The van der Waals surface area contributed by atoms with Crippen LogP contribution < -0.4 is 10.6 Å². The first kappa shape index (κ1) is 15.0. The molecule has 0 radical (unpaired) electrons. The zero-order valence-electron chi connectivity index (χ0n) is 11.8. The van der Waals surface area contributed by atoms with Gasteiger partial charge in [0.2, 0.25) is 5.91 Å². The second-order valence-corrected chi connectivity index (χ2v) is 5.68. The number of likely N-dealkylation sites (tertiary alicyclic amines) is 1. The van der Waals surface area contributed by atoms with Gasteiger partial charge < -0.3 is 15.5 Å². The van der Waals surface area contributed by atoms with E-state index >= 15 is 0 Å². The van der Waals surface area contributed by atoms with Crippen LogP contribution in [0.4, 0.5) is 11.6 Å². The van der Waals surface area contributed by atoms with Gasteiger partial charge in [-0.25, -0.2) is 9.97 Å². The van der Waals surface area contributed by atoms with Crippen LogP contribution in [-0.2, 0) is 4.79 Å². The van der Waals surface area contributed by atoms with Crippen molar-refractivity contribution in [1.29, 1.82) is 0 Å². The lowest BCUT2D eigenvalue weighted by Gasteiger charge is -2.29. The van der Waals surface area contributed by atoms with Crippen molar-refractivity contribution in [2.24, 2.45) is 0 Å². The number of amides is 1. The first-order chi connectivity index (χ1) is 9.63. The highest BCUT2D eigenvalue weighted by atomic mass is 79.9. The van der Waals surface area contributed by atoms with Gasteiger partial charge in [0, 0.05) is 20.1 Å². The van der Waals surface area contributed by atoms with Crippen LogP contribution in [0.3, 0.4) is 0 Å². The number of carbonyl (C=O) groups is 1. The predicted octanol–water partition coefficient (Wildman–Crippen LogP) is 2.09. The first-order valence-electron chi connectivity index (χ1n) is 6.87. The van der Waals surface area contributed by atoms with Gasteiger partial charge in [-0.15, -0.1) is 0 Å². The number of carbonyl (C=O) groups excluding carboxylic acids is 1. The monoisotopic (exact) mass is 341 g/mol. The Labute approximate surface area is 127 Å². The van der Waals surface area contributed by atoms with E-state index in [0.29, 0.717) is 11.6 Å². The lowest BCUT2D eigenvalue weighted by atomic mass is 10.1. The summed E-state index contributed by atoms with van der Waals surface area (Å²) in [7, 11) is 1.79. The van der Waals surface area contributed by atoms with Gasteiger partial charge >= 0.3 is 0 Å². The maximum absolute atomic E-state index is 12.4. The van der Waals surface area contributed by atoms with E-state index < -0.39 is 0 Å². The molecule has 0 aliphatic carbocycles. The molecule has 20 heavy (non-hydrogen) atoms. The number of hydrogen-bond acceptors (Lipinski definition) is 5. The molecule has 1 aromatic heterocycles. The van der Waals surface area contributed by atoms with Crippen LogP contribution >= 0.6 is 15.9 Å². The van der Waals surface area contributed by atoms with E-state index in [-0.39, 0.29) is 11.9 Å². The zero-order chi connectivity index (χ0) is 14.5. The van der Waals surface area contributed by atoms with Crippen molar-refractivity contribution in [3.8, 4) is 0 Å². The van der Waals surface area contributed by atoms with E-state index in [2.05, 4.69) is 36.5 Å². The second kappa shape index (κ2) is 6.88. The summed E-state index contributed by atoms with van der Waals surface area (Å²) in [6, 6.07) is -0.302. The second-order valence-electron chi connectivity index (χ2n) is 4.89. The van der Waals surface area contributed by atoms with Crippen molar-refractivity contribution in [2.45, 2.75) is 32.2 Å². The number of rotatable bonds is 4. The molecular formula is C13H20BrN5O. The lowest BCUT2D eigenvalue weighted by Crippen LogP contribution is -2.44. The van der Waals surface area contributed by atoms with Crippen LogP contribution in [0, 0.1) is 0 Å². The summed E-state index contributed by atoms with van der Waals surface area (Å²) in [4.78, 5) is 22.6. The molecule has 1 aliphatic heterocycles. The number of anilines is 2. The van der Waals surface area contributed by atoms with Gasteiger partial charge in [-0.05, 0) is 42.1 Å². The number of piperidine rings is 1. The van der Waals surface area contributed by atoms with Gasteiger partial charge in [0.05, 0.1) is 0 Å². The van der Waals surface area contributed by atoms with E-state index in [1.54, 1.807) is 7.05 Å². The van der Waals surface area contributed by atoms with E-state index in [1.807, 2.05) is 11.8 Å². The molecule has 0 spiro atoms. The third kappa shape index (κ3) is 3.39. The molecule has 1 aliphatic rings.